The third kappa shape index (κ3) is 2.21. The van der Waals surface area contributed by atoms with E-state index >= 15 is 0 Å². The molecule has 82 valence electrons. The Labute approximate surface area is 97.2 Å². The van der Waals surface area contributed by atoms with E-state index in [2.05, 4.69) is 20.5 Å². The van der Waals surface area contributed by atoms with E-state index in [1.54, 1.807) is 18.2 Å². The van der Waals surface area contributed by atoms with Crippen LogP contribution in [0.25, 0.3) is 11.0 Å². The number of nitrogens with one attached hydrogen (secondary N) is 2. The predicted molar refractivity (Wildman–Crippen MR) is 63.1 cm³/mol. The van der Waals surface area contributed by atoms with Crippen molar-refractivity contribution in [2.24, 2.45) is 5.10 Å². The van der Waals surface area contributed by atoms with Gasteiger partial charge in [-0.2, -0.15) is 15.6 Å². The zero-order valence-electron chi connectivity index (χ0n) is 9.02. The zero-order valence-corrected chi connectivity index (χ0v) is 9.02. The molecule has 0 aliphatic rings. The van der Waals surface area contributed by atoms with Crippen molar-refractivity contribution in [3.05, 3.63) is 24.0 Å². The van der Waals surface area contributed by atoms with E-state index in [9.17, 15) is 0 Å². The lowest BCUT2D eigenvalue weighted by molar-refractivity contribution is 1.17. The summed E-state index contributed by atoms with van der Waals surface area (Å²) in [5.74, 6) is 0.829. The van der Waals surface area contributed by atoms with E-state index < -0.39 is 0 Å². The number of H-pyrrole nitrogens is 1. The summed E-state index contributed by atoms with van der Waals surface area (Å²) in [6.07, 6.45) is 0. The molecule has 0 saturated heterocycles. The van der Waals surface area contributed by atoms with Gasteiger partial charge >= 0.3 is 0 Å². The number of aromatic amines is 1. The van der Waals surface area contributed by atoms with Crippen LogP contribution in [0.2, 0.25) is 0 Å². The van der Waals surface area contributed by atoms with E-state index in [-0.39, 0.29) is 5.71 Å². The van der Waals surface area contributed by atoms with Crippen molar-refractivity contribution in [1.29, 1.82) is 10.5 Å². The average Bonchev–Trinajstić information content (AvgIpc) is 2.69. The van der Waals surface area contributed by atoms with Crippen molar-refractivity contribution in [3.63, 3.8) is 0 Å². The fourth-order valence-corrected chi connectivity index (χ4v) is 1.40. The molecule has 0 saturated carbocycles. The van der Waals surface area contributed by atoms with Gasteiger partial charge in [0, 0.05) is 0 Å². The Morgan fingerprint density at radius 1 is 1.41 bits per heavy atom. The number of anilines is 1. The van der Waals surface area contributed by atoms with Crippen molar-refractivity contribution < 1.29 is 0 Å². The van der Waals surface area contributed by atoms with Crippen LogP contribution in [0, 0.1) is 29.6 Å². The summed E-state index contributed by atoms with van der Waals surface area (Å²) < 4.78 is 0. The highest BCUT2D eigenvalue weighted by molar-refractivity contribution is 6.10. The maximum Gasteiger partial charge on any atom is 0.237 e. The lowest BCUT2D eigenvalue weighted by atomic mass is 10.3. The van der Waals surface area contributed by atoms with Gasteiger partial charge in [0.15, 0.2) is 0 Å². The van der Waals surface area contributed by atoms with E-state index in [1.165, 1.54) is 0 Å². The fraction of sp³-hybridized carbons (Fsp3) is 0.0909. The van der Waals surface area contributed by atoms with Gasteiger partial charge in [0.25, 0.3) is 0 Å². The SMILES string of the molecule is Cc1nc2ccc(NN=C(C#N)C#N)cc2[nH]1. The van der Waals surface area contributed by atoms with E-state index in [0.29, 0.717) is 5.69 Å². The van der Waals surface area contributed by atoms with Crippen LogP contribution >= 0.6 is 0 Å². The molecule has 6 heteroatoms. The smallest absolute Gasteiger partial charge is 0.237 e. The summed E-state index contributed by atoms with van der Waals surface area (Å²) >= 11 is 0. The number of hydrazone groups is 1. The van der Waals surface area contributed by atoms with Crippen LogP contribution in [0.15, 0.2) is 23.3 Å². The van der Waals surface area contributed by atoms with Crippen molar-refractivity contribution >= 4 is 22.4 Å². The highest BCUT2D eigenvalue weighted by Crippen LogP contribution is 2.16. The lowest BCUT2D eigenvalue weighted by Gasteiger charge is -1.98. The molecule has 17 heavy (non-hydrogen) atoms. The number of hydrogen-bond donors (Lipinski definition) is 2. The molecule has 0 unspecified atom stereocenters. The van der Waals surface area contributed by atoms with Gasteiger partial charge in [0.2, 0.25) is 5.71 Å². The minimum absolute atomic E-state index is 0.217. The van der Waals surface area contributed by atoms with Gasteiger partial charge in [-0.1, -0.05) is 0 Å². The summed E-state index contributed by atoms with van der Waals surface area (Å²) in [5.41, 5.74) is 4.84. The Kier molecular flexibility index (Phi) is 2.71. The molecule has 1 heterocycles. The van der Waals surface area contributed by atoms with Crippen LogP contribution in [0.5, 0.6) is 0 Å². The number of nitriles is 2. The van der Waals surface area contributed by atoms with Crippen molar-refractivity contribution in [2.45, 2.75) is 6.92 Å². The summed E-state index contributed by atoms with van der Waals surface area (Å²) in [5, 5.41) is 20.7. The number of imidazole rings is 1. The molecule has 2 N–H and O–H groups in total. The molecule has 0 fully saturated rings. The molecule has 0 aliphatic carbocycles. The van der Waals surface area contributed by atoms with Crippen LogP contribution in [-0.2, 0) is 0 Å². The Balaban J connectivity index is 2.29. The summed E-state index contributed by atoms with van der Waals surface area (Å²) in [6.45, 7) is 1.87. The predicted octanol–water partition coefficient (Wildman–Crippen LogP) is 1.69. The zero-order chi connectivity index (χ0) is 12.3. The van der Waals surface area contributed by atoms with Crippen LogP contribution in [-0.4, -0.2) is 15.7 Å². The van der Waals surface area contributed by atoms with Gasteiger partial charge in [-0.3, -0.25) is 5.43 Å². The molecule has 1 aromatic heterocycles. The van der Waals surface area contributed by atoms with Crippen LogP contribution in [0.4, 0.5) is 5.69 Å². The second-order valence-electron chi connectivity index (χ2n) is 3.35. The Morgan fingerprint density at radius 3 is 2.88 bits per heavy atom. The molecule has 0 amide bonds. The number of hydrogen-bond acceptors (Lipinski definition) is 5. The molecule has 2 aromatic rings. The van der Waals surface area contributed by atoms with Crippen molar-refractivity contribution in [3.8, 4) is 12.1 Å². The topological polar surface area (TPSA) is 101 Å². The molecule has 2 rings (SSSR count). The van der Waals surface area contributed by atoms with Crippen LogP contribution < -0.4 is 5.43 Å². The fourth-order valence-electron chi connectivity index (χ4n) is 1.40. The van der Waals surface area contributed by atoms with E-state index in [0.717, 1.165) is 16.9 Å². The molecule has 0 radical (unpaired) electrons. The van der Waals surface area contributed by atoms with Gasteiger partial charge in [-0.15, -0.1) is 0 Å². The summed E-state index contributed by atoms with van der Waals surface area (Å²) in [6, 6.07) is 8.75. The first-order valence-corrected chi connectivity index (χ1v) is 4.83. The Bertz CT molecular complexity index is 651. The summed E-state index contributed by atoms with van der Waals surface area (Å²) in [7, 11) is 0. The molecule has 0 aliphatic heterocycles. The number of nitrogens with zero attached hydrogens (tertiary/aromatic N) is 4. The largest absolute Gasteiger partial charge is 0.342 e. The normalized spacial score (nSPS) is 9.35. The monoisotopic (exact) mass is 224 g/mol. The van der Waals surface area contributed by atoms with Gasteiger partial charge in [0.05, 0.1) is 16.7 Å². The number of benzene rings is 1. The quantitative estimate of drug-likeness (QED) is 0.598. The van der Waals surface area contributed by atoms with Gasteiger partial charge in [-0.05, 0) is 25.1 Å². The molecule has 1 aromatic carbocycles. The second-order valence-corrected chi connectivity index (χ2v) is 3.35. The molecular formula is C11H8N6. The van der Waals surface area contributed by atoms with Gasteiger partial charge in [-0.25, -0.2) is 4.98 Å². The molecular weight excluding hydrogens is 216 g/mol. The van der Waals surface area contributed by atoms with E-state index in [4.69, 9.17) is 10.5 Å². The van der Waals surface area contributed by atoms with Crippen molar-refractivity contribution in [2.75, 3.05) is 5.43 Å². The Hall–Kier alpha value is -2.86. The summed E-state index contributed by atoms with van der Waals surface area (Å²) in [4.78, 5) is 7.34. The third-order valence-electron chi connectivity index (χ3n) is 2.11. The third-order valence-corrected chi connectivity index (χ3v) is 2.11. The number of aryl methyl sites for hydroxylation is 1. The number of rotatable bonds is 2. The maximum atomic E-state index is 8.52. The first kappa shape index (κ1) is 10.7. The minimum atomic E-state index is -0.217. The molecule has 6 nitrogen and oxygen atoms in total. The van der Waals surface area contributed by atoms with Gasteiger partial charge < -0.3 is 4.98 Å². The highest BCUT2D eigenvalue weighted by atomic mass is 15.3. The van der Waals surface area contributed by atoms with Crippen LogP contribution in [0.1, 0.15) is 5.82 Å². The molecule has 0 bridgehead atoms. The number of aromatic nitrogens is 2. The second kappa shape index (κ2) is 4.33. The van der Waals surface area contributed by atoms with E-state index in [1.807, 2.05) is 19.1 Å². The van der Waals surface area contributed by atoms with Crippen LogP contribution in [0.3, 0.4) is 0 Å². The standard InChI is InChI=1S/C11H8N6/c1-7-14-10-3-2-8(4-11(10)15-7)16-17-9(5-12)6-13/h2-4,16H,1H3,(H,14,15). The van der Waals surface area contributed by atoms with Gasteiger partial charge in [0.1, 0.15) is 18.0 Å². The lowest BCUT2D eigenvalue weighted by Crippen LogP contribution is -1.96. The highest BCUT2D eigenvalue weighted by Gasteiger charge is 2.00. The molecule has 0 spiro atoms. The first-order chi connectivity index (χ1) is 8.22. The Morgan fingerprint density at radius 2 is 2.18 bits per heavy atom. The maximum absolute atomic E-state index is 8.52. The van der Waals surface area contributed by atoms with Crippen molar-refractivity contribution in [1.82, 2.24) is 9.97 Å². The first-order valence-electron chi connectivity index (χ1n) is 4.83. The minimum Gasteiger partial charge on any atom is -0.342 e. The number of fused-ring (bicyclic) bond motifs is 1. The molecule has 0 atom stereocenters. The average molecular weight is 224 g/mol.